The summed E-state index contributed by atoms with van der Waals surface area (Å²) < 4.78 is 20.7. The van der Waals surface area contributed by atoms with E-state index in [1.54, 1.807) is 0 Å². The predicted octanol–water partition coefficient (Wildman–Crippen LogP) is -0.211. The minimum Gasteiger partial charge on any atom is -0.461 e. The molecule has 10 heteroatoms. The Kier molecular flexibility index (Phi) is 7.95. The minimum absolute atomic E-state index is 0.270. The van der Waals surface area contributed by atoms with E-state index in [2.05, 4.69) is 5.32 Å². The van der Waals surface area contributed by atoms with E-state index in [0.717, 1.165) is 20.8 Å². The molecule has 0 aromatic carbocycles. The SMILES string of the molecule is CC(=O)N[C@H]1C=C(COC(C)=O)[C@@H](OC(C)=O)[C@H](OC(C)=O)[C@H]1OC(C)=O. The van der Waals surface area contributed by atoms with Crippen molar-refractivity contribution in [2.45, 2.75) is 59.0 Å². The minimum atomic E-state index is -1.25. The highest BCUT2D eigenvalue weighted by atomic mass is 16.6. The zero-order valence-corrected chi connectivity index (χ0v) is 15.8. The molecule has 0 saturated carbocycles. The molecule has 27 heavy (non-hydrogen) atoms. The summed E-state index contributed by atoms with van der Waals surface area (Å²) in [6, 6.07) is -0.895. The van der Waals surface area contributed by atoms with E-state index in [-0.39, 0.29) is 12.2 Å². The first kappa shape index (κ1) is 22.1. The molecule has 150 valence electrons. The largest absolute Gasteiger partial charge is 0.461 e. The van der Waals surface area contributed by atoms with Gasteiger partial charge in [-0.25, -0.2) is 0 Å². The molecule has 0 unspecified atom stereocenters. The molecule has 10 nitrogen and oxygen atoms in total. The quantitative estimate of drug-likeness (QED) is 0.374. The fourth-order valence-corrected chi connectivity index (χ4v) is 2.66. The van der Waals surface area contributed by atoms with Gasteiger partial charge in [-0.15, -0.1) is 0 Å². The summed E-state index contributed by atoms with van der Waals surface area (Å²) in [5.74, 6) is -3.12. The first-order chi connectivity index (χ1) is 12.5. The molecule has 1 aliphatic carbocycles. The molecule has 0 fully saturated rings. The topological polar surface area (TPSA) is 134 Å². The smallest absolute Gasteiger partial charge is 0.303 e. The van der Waals surface area contributed by atoms with Crippen LogP contribution in [0.25, 0.3) is 0 Å². The molecule has 0 spiro atoms. The second-order valence-electron chi connectivity index (χ2n) is 5.93. The number of rotatable bonds is 6. The lowest BCUT2D eigenvalue weighted by Gasteiger charge is -2.40. The van der Waals surface area contributed by atoms with E-state index in [4.69, 9.17) is 18.9 Å². The van der Waals surface area contributed by atoms with Gasteiger partial charge in [-0.05, 0) is 0 Å². The number of esters is 4. The first-order valence-corrected chi connectivity index (χ1v) is 8.14. The fraction of sp³-hybridized carbons (Fsp3) is 0.588. The van der Waals surface area contributed by atoms with E-state index in [9.17, 15) is 24.0 Å². The van der Waals surface area contributed by atoms with Crippen molar-refractivity contribution in [2.24, 2.45) is 0 Å². The van der Waals surface area contributed by atoms with Crippen molar-refractivity contribution >= 4 is 29.8 Å². The van der Waals surface area contributed by atoms with Crippen LogP contribution in [-0.4, -0.2) is 60.7 Å². The lowest BCUT2D eigenvalue weighted by Crippen LogP contribution is -2.58. The van der Waals surface area contributed by atoms with Crippen LogP contribution in [0.4, 0.5) is 0 Å². The van der Waals surface area contributed by atoms with Crippen LogP contribution in [0.1, 0.15) is 34.6 Å². The second-order valence-corrected chi connectivity index (χ2v) is 5.93. The van der Waals surface area contributed by atoms with Crippen LogP contribution in [0.3, 0.4) is 0 Å². The molecule has 0 aromatic heterocycles. The molecule has 0 saturated heterocycles. The van der Waals surface area contributed by atoms with Crippen molar-refractivity contribution in [1.82, 2.24) is 5.32 Å². The van der Waals surface area contributed by atoms with Gasteiger partial charge in [0.25, 0.3) is 0 Å². The number of amides is 1. The van der Waals surface area contributed by atoms with Crippen molar-refractivity contribution in [3.63, 3.8) is 0 Å². The Morgan fingerprint density at radius 3 is 1.78 bits per heavy atom. The molecule has 0 aromatic rings. The van der Waals surface area contributed by atoms with Gasteiger partial charge in [0, 0.05) is 40.2 Å². The lowest BCUT2D eigenvalue weighted by molar-refractivity contribution is -0.184. The third kappa shape index (κ3) is 7.08. The summed E-state index contributed by atoms with van der Waals surface area (Å²) in [5.41, 5.74) is 0.272. The van der Waals surface area contributed by atoms with Gasteiger partial charge in [-0.3, -0.25) is 24.0 Å². The van der Waals surface area contributed by atoms with Crippen LogP contribution in [0.15, 0.2) is 11.6 Å². The van der Waals surface area contributed by atoms with Gasteiger partial charge >= 0.3 is 23.9 Å². The van der Waals surface area contributed by atoms with E-state index in [1.807, 2.05) is 0 Å². The van der Waals surface area contributed by atoms with Gasteiger partial charge in [0.1, 0.15) is 6.61 Å². The molecule has 1 amide bonds. The monoisotopic (exact) mass is 385 g/mol. The first-order valence-electron chi connectivity index (χ1n) is 8.14. The number of nitrogens with one attached hydrogen (secondary N) is 1. The van der Waals surface area contributed by atoms with Crippen LogP contribution in [0, 0.1) is 0 Å². The molecule has 0 radical (unpaired) electrons. The Hall–Kier alpha value is -2.91. The van der Waals surface area contributed by atoms with Crippen LogP contribution < -0.4 is 5.32 Å². The molecule has 1 aliphatic rings. The summed E-state index contributed by atoms with van der Waals surface area (Å²) in [6.45, 7) is 5.61. The zero-order chi connectivity index (χ0) is 20.7. The van der Waals surface area contributed by atoms with Crippen LogP contribution in [0.2, 0.25) is 0 Å². The van der Waals surface area contributed by atoms with Crippen LogP contribution in [0.5, 0.6) is 0 Å². The highest BCUT2D eigenvalue weighted by molar-refractivity contribution is 5.74. The van der Waals surface area contributed by atoms with Crippen molar-refractivity contribution in [1.29, 1.82) is 0 Å². The van der Waals surface area contributed by atoms with Gasteiger partial charge in [-0.2, -0.15) is 0 Å². The molecule has 1 rings (SSSR count). The van der Waals surface area contributed by atoms with Crippen molar-refractivity contribution in [3.8, 4) is 0 Å². The lowest BCUT2D eigenvalue weighted by atomic mass is 9.87. The van der Waals surface area contributed by atoms with E-state index in [1.165, 1.54) is 19.9 Å². The molecule has 1 N–H and O–H groups in total. The summed E-state index contributed by atoms with van der Waals surface area (Å²) in [7, 11) is 0. The van der Waals surface area contributed by atoms with Crippen LogP contribution in [-0.2, 0) is 42.9 Å². The maximum atomic E-state index is 11.6. The number of ether oxygens (including phenoxy) is 4. The normalized spacial score (nSPS) is 24.1. The van der Waals surface area contributed by atoms with E-state index in [0.29, 0.717) is 0 Å². The van der Waals surface area contributed by atoms with E-state index >= 15 is 0 Å². The van der Waals surface area contributed by atoms with Gasteiger partial charge < -0.3 is 24.3 Å². The zero-order valence-electron chi connectivity index (χ0n) is 15.8. The van der Waals surface area contributed by atoms with Crippen molar-refractivity contribution < 1.29 is 42.9 Å². The summed E-state index contributed by atoms with van der Waals surface area (Å²) >= 11 is 0. The molecule has 0 bridgehead atoms. The maximum Gasteiger partial charge on any atom is 0.303 e. The molecule has 0 aliphatic heterocycles. The van der Waals surface area contributed by atoms with Crippen molar-refractivity contribution in [3.05, 3.63) is 11.6 Å². The van der Waals surface area contributed by atoms with Crippen molar-refractivity contribution in [2.75, 3.05) is 6.61 Å². The molecule has 4 atom stereocenters. The Morgan fingerprint density at radius 2 is 1.33 bits per heavy atom. The summed E-state index contributed by atoms with van der Waals surface area (Å²) in [6.07, 6.45) is -2.12. The highest BCUT2D eigenvalue weighted by Gasteiger charge is 2.47. The Labute approximate surface area is 156 Å². The number of hydrogen-bond donors (Lipinski definition) is 1. The van der Waals surface area contributed by atoms with Gasteiger partial charge in [-0.1, -0.05) is 6.08 Å². The standard InChI is InChI=1S/C17H23NO9/c1-8(19)18-14-6-13(7-24-9(2)20)15(25-10(3)21)17(27-12(5)23)16(14)26-11(4)22/h6,14-17H,7H2,1-5H3,(H,18,19)/t14-,15+,16-,17-/m0/s1. The van der Waals surface area contributed by atoms with Gasteiger partial charge in [0.15, 0.2) is 18.3 Å². The molecule has 0 heterocycles. The predicted molar refractivity (Wildman–Crippen MR) is 89.0 cm³/mol. The molecular weight excluding hydrogens is 362 g/mol. The fourth-order valence-electron chi connectivity index (χ4n) is 2.66. The van der Waals surface area contributed by atoms with E-state index < -0.39 is 54.1 Å². The number of carbonyl (C=O) groups excluding carboxylic acids is 5. The average Bonchev–Trinajstić information content (AvgIpc) is 2.49. The summed E-state index contributed by atoms with van der Waals surface area (Å²) in [5, 5.41) is 2.57. The Bertz CT molecular complexity index is 655. The van der Waals surface area contributed by atoms with Gasteiger partial charge in [0.05, 0.1) is 6.04 Å². The summed E-state index contributed by atoms with van der Waals surface area (Å²) in [4.78, 5) is 57.4. The highest BCUT2D eigenvalue weighted by Crippen LogP contribution is 2.28. The average molecular weight is 385 g/mol. The third-order valence-corrected chi connectivity index (χ3v) is 3.44. The maximum absolute atomic E-state index is 11.6. The Morgan fingerprint density at radius 1 is 0.815 bits per heavy atom. The number of carbonyl (C=O) groups is 5. The Balaban J connectivity index is 3.40. The third-order valence-electron chi connectivity index (χ3n) is 3.44. The van der Waals surface area contributed by atoms with Crippen LogP contribution >= 0.6 is 0 Å². The molecular formula is C17H23NO9. The number of hydrogen-bond acceptors (Lipinski definition) is 9. The van der Waals surface area contributed by atoms with Gasteiger partial charge in [0.2, 0.25) is 5.91 Å². The second kappa shape index (κ2) is 9.70.